The van der Waals surface area contributed by atoms with Gasteiger partial charge in [0.25, 0.3) is 17.7 Å². The van der Waals surface area contributed by atoms with Crippen molar-refractivity contribution in [3.8, 4) is 23.0 Å². The third kappa shape index (κ3) is 10.5. The number of amides is 3. The van der Waals surface area contributed by atoms with Gasteiger partial charge in [-0.05, 0) is 43.9 Å². The molecule has 3 aromatic carbocycles. The number of hydrogen-bond donors (Lipinski definition) is 3. The number of aliphatic hydroxyl groups excluding tert-OH is 2. The molecule has 1 unspecified atom stereocenters. The van der Waals surface area contributed by atoms with Crippen LogP contribution >= 0.6 is 7.14 Å². The minimum Gasteiger partial charge on any atom is -0.508 e. The zero-order valence-electron chi connectivity index (χ0n) is 38.1. The van der Waals surface area contributed by atoms with Gasteiger partial charge in [-0.25, -0.2) is 0 Å². The van der Waals surface area contributed by atoms with Gasteiger partial charge in [0.15, 0.2) is 11.5 Å². The third-order valence-electron chi connectivity index (χ3n) is 12.6. The van der Waals surface area contributed by atoms with E-state index >= 15 is 0 Å². The number of methoxy groups -OCH3 is 1. The normalized spacial score (nSPS) is 20.6. The Bertz CT molecular complexity index is 2570. The van der Waals surface area contributed by atoms with Crippen molar-refractivity contribution in [2.45, 2.75) is 63.9 Å². The van der Waals surface area contributed by atoms with E-state index in [1.807, 2.05) is 6.92 Å². The molecule has 0 radical (unpaired) electrons. The van der Waals surface area contributed by atoms with E-state index in [9.17, 15) is 29.2 Å². The second-order valence-corrected chi connectivity index (χ2v) is 20.9. The Balaban J connectivity index is 0.000000270. The first-order valence-corrected chi connectivity index (χ1v) is 25.8. The third-order valence-corrected chi connectivity index (χ3v) is 15.9. The molecule has 68 heavy (non-hydrogen) atoms. The molecule has 0 bridgehead atoms. The predicted molar refractivity (Wildman–Crippen MR) is 268 cm³/mol. The van der Waals surface area contributed by atoms with Crippen molar-refractivity contribution in [3.63, 3.8) is 0 Å². The maximum absolute atomic E-state index is 14.0. The lowest BCUT2D eigenvalue weighted by Gasteiger charge is -2.21. The summed E-state index contributed by atoms with van der Waals surface area (Å²) in [6, 6.07) is 9.30. The molecule has 3 fully saturated rings. The Kier molecular flexibility index (Phi) is 15.9. The number of aliphatic hydroxyl groups is 2. The van der Waals surface area contributed by atoms with Crippen LogP contribution in [0.1, 0.15) is 74.8 Å². The van der Waals surface area contributed by atoms with Gasteiger partial charge in [0, 0.05) is 108 Å². The zero-order valence-corrected chi connectivity index (χ0v) is 40.6. The van der Waals surface area contributed by atoms with Crippen LogP contribution in [0.25, 0.3) is 0 Å². The highest BCUT2D eigenvalue weighted by molar-refractivity contribution is 8.07. The Morgan fingerprint density at radius 3 is 1.49 bits per heavy atom. The number of benzene rings is 3. The van der Waals surface area contributed by atoms with Gasteiger partial charge in [0.05, 0.1) is 92.6 Å². The van der Waals surface area contributed by atoms with Gasteiger partial charge in [-0.2, -0.15) is 0 Å². The van der Waals surface area contributed by atoms with Crippen molar-refractivity contribution in [1.82, 2.24) is 14.7 Å². The molecule has 3 N–H and O–H groups in total. The van der Waals surface area contributed by atoms with E-state index in [-0.39, 0.29) is 68.0 Å². The first kappa shape index (κ1) is 50.0. The smallest absolute Gasteiger partial charge is 0.257 e. The second-order valence-electron chi connectivity index (χ2n) is 17.4. The molecule has 3 saturated heterocycles. The van der Waals surface area contributed by atoms with Gasteiger partial charge >= 0.3 is 0 Å². The Hall–Kier alpha value is -5.91. The minimum absolute atomic E-state index is 0.0438. The molecule has 0 saturated carbocycles. The summed E-state index contributed by atoms with van der Waals surface area (Å²) in [5.74, 6) is 0.802. The fourth-order valence-corrected chi connectivity index (χ4v) is 11.5. The van der Waals surface area contributed by atoms with Crippen LogP contribution in [0.3, 0.4) is 0 Å². The highest BCUT2D eigenvalue weighted by Gasteiger charge is 2.37. The van der Waals surface area contributed by atoms with E-state index in [2.05, 4.69) is 57.1 Å². The molecule has 6 aliphatic rings. The number of ether oxygens (including phenoxy) is 3. The van der Waals surface area contributed by atoms with E-state index in [4.69, 9.17) is 19.3 Å². The molecule has 9 rings (SSSR count). The number of hydrogen-bond acceptors (Lipinski definition) is 15. The van der Waals surface area contributed by atoms with Crippen molar-refractivity contribution >= 4 is 82.9 Å². The largest absolute Gasteiger partial charge is 0.508 e. The van der Waals surface area contributed by atoms with Crippen LogP contribution in [0.15, 0.2) is 87.8 Å². The van der Waals surface area contributed by atoms with E-state index in [1.54, 1.807) is 57.6 Å². The molecule has 358 valence electrons. The lowest BCUT2D eigenvalue weighted by molar-refractivity contribution is 0.0770. The van der Waals surface area contributed by atoms with Crippen LogP contribution in [0.4, 0.5) is 17.1 Å². The van der Waals surface area contributed by atoms with Crippen molar-refractivity contribution in [2.24, 2.45) is 15.0 Å². The van der Waals surface area contributed by atoms with E-state index < -0.39 is 7.14 Å². The molecule has 4 atom stereocenters. The highest BCUT2D eigenvalue weighted by atomic mass is 32.8. The summed E-state index contributed by atoms with van der Waals surface area (Å²) >= 11 is 7.33. The molecule has 0 spiro atoms. The van der Waals surface area contributed by atoms with Crippen molar-refractivity contribution in [1.29, 1.82) is 0 Å². The molecule has 6 heterocycles. The molecule has 3 amide bonds. The first-order valence-electron chi connectivity index (χ1n) is 22.2. The minimum atomic E-state index is -2.71. The summed E-state index contributed by atoms with van der Waals surface area (Å²) < 4.78 is 31.8. The number of phenols is 1. The number of aliphatic imine (C=N–C) groups is 3. The molecule has 16 nitrogen and oxygen atoms in total. The van der Waals surface area contributed by atoms with Crippen molar-refractivity contribution in [2.75, 3.05) is 58.4 Å². The summed E-state index contributed by atoms with van der Waals surface area (Å²) in [6.45, 7) is 15.2. The van der Waals surface area contributed by atoms with E-state index in [0.29, 0.717) is 113 Å². The summed E-state index contributed by atoms with van der Waals surface area (Å²) in [6.07, 6.45) is 9.27. The average Bonchev–Trinajstić information content (AvgIpc) is 3.97. The van der Waals surface area contributed by atoms with Crippen LogP contribution in [0.2, 0.25) is 0 Å². The highest BCUT2D eigenvalue weighted by Crippen LogP contribution is 2.47. The van der Waals surface area contributed by atoms with Crippen molar-refractivity contribution in [3.05, 3.63) is 101 Å². The lowest BCUT2D eigenvalue weighted by atomic mass is 10.1. The molecule has 3 aromatic rings. The first-order chi connectivity index (χ1) is 32.7. The van der Waals surface area contributed by atoms with Crippen LogP contribution in [0.5, 0.6) is 23.0 Å². The Labute approximate surface area is 405 Å². The van der Waals surface area contributed by atoms with E-state index in [1.165, 1.54) is 19.2 Å². The quantitative estimate of drug-likeness (QED) is 0.120. The maximum atomic E-state index is 14.0. The van der Waals surface area contributed by atoms with Crippen molar-refractivity contribution < 1.29 is 48.5 Å². The monoisotopic (exact) mass is 982 g/mol. The molecule has 6 aliphatic heterocycles. The summed E-state index contributed by atoms with van der Waals surface area (Å²) in [4.78, 5) is 57.7. The summed E-state index contributed by atoms with van der Waals surface area (Å²) in [5, 5.41) is 29.0. The van der Waals surface area contributed by atoms with Gasteiger partial charge in [-0.1, -0.05) is 43.4 Å². The number of fused-ring (bicyclic) bond motifs is 6. The second kappa shape index (κ2) is 21.6. The molecule has 0 aromatic heterocycles. The average molecular weight is 983 g/mol. The van der Waals surface area contributed by atoms with Crippen LogP contribution in [-0.2, 0) is 40.2 Å². The maximum Gasteiger partial charge on any atom is 0.257 e. The molecular weight excluding hydrogens is 928 g/mol. The van der Waals surface area contributed by atoms with Crippen LogP contribution < -0.4 is 14.2 Å². The van der Waals surface area contributed by atoms with Gasteiger partial charge in [-0.3, -0.25) is 29.4 Å². The van der Waals surface area contributed by atoms with Gasteiger partial charge in [-0.15, -0.1) is 0 Å². The summed E-state index contributed by atoms with van der Waals surface area (Å²) in [5.41, 5.74) is 6.50. The molecular formula is C49H55N6O10PS2. The molecule has 0 aliphatic carbocycles. The van der Waals surface area contributed by atoms with Gasteiger partial charge < -0.3 is 48.8 Å². The lowest BCUT2D eigenvalue weighted by Crippen LogP contribution is -2.35. The predicted octanol–water partition coefficient (Wildman–Crippen LogP) is 6.76. The number of rotatable bonds is 13. The fraction of sp³-hybridized carbons (Fsp3) is 0.388. The van der Waals surface area contributed by atoms with Gasteiger partial charge in [0.2, 0.25) is 0 Å². The van der Waals surface area contributed by atoms with Crippen LogP contribution in [0, 0.1) is 0 Å². The number of carbonyl (C=O) groups is 3. The standard InChI is InChI=1S/C35H41N4O7P.C14H14N2O3.S2/c1-5-8-47(43,9-6-45-31-15-29-27(13-24(31)21-40)34(41)38-19-22(2)11-25(38)17-36-29)10-7-46-33-16-30-28(14-32(33)44-4)35(42)39-20-23(3)12-26(39)18-37-30;1-8-2-10-5-15-12-4-13(18)9(7-17)3-11(12)14(19)16(10)6-8;1-2/h13-18,25-26,40H,2-3,5-12,19-21H2,1,4H3;3-5,10,17-18H,1-2,6-7H2;/t25-,26-,47?;10-;/m00./s1. The number of nitrogens with zero attached hydrogens (tertiary/aromatic N) is 6. The Morgan fingerprint density at radius 1 is 0.632 bits per heavy atom. The van der Waals surface area contributed by atoms with E-state index in [0.717, 1.165) is 29.6 Å². The molecule has 19 heteroatoms. The zero-order chi connectivity index (χ0) is 48.9. The van der Waals surface area contributed by atoms with Gasteiger partial charge in [0.1, 0.15) is 11.5 Å². The Morgan fingerprint density at radius 2 is 1.04 bits per heavy atom. The van der Waals surface area contributed by atoms with Crippen LogP contribution in [-0.4, -0.2) is 143 Å². The number of aromatic hydroxyl groups is 1. The summed E-state index contributed by atoms with van der Waals surface area (Å²) in [7, 11) is -1.19. The fourth-order valence-electron chi connectivity index (χ4n) is 9.18. The topological polar surface area (TPSA) is 203 Å². The SMILES string of the molecule is C=C1C[C@H]2C=Nc3cc(O)c(CO)cc3C(=O)N2C1.C=C1C[C@H]2C=Nc3cc(OCCP(=O)(CCC)CCOc4cc5c(cc4OC)C(=O)N4CC(=C)C[C@H]4C=N5)c(CO)cc3C(=O)N2C1.S=S. The number of carbonyl (C=O) groups excluding carboxylic acids is 3.